The van der Waals surface area contributed by atoms with Gasteiger partial charge in [-0.25, -0.2) is 4.39 Å². The number of allylic oxidation sites excluding steroid dienone is 1. The van der Waals surface area contributed by atoms with Crippen molar-refractivity contribution in [1.29, 1.82) is 0 Å². The topological polar surface area (TPSA) is 20.3 Å². The summed E-state index contributed by atoms with van der Waals surface area (Å²) >= 11 is 0. The molecule has 0 spiro atoms. The molecule has 3 heteroatoms. The smallest absolute Gasteiger partial charge is 0.231 e. The normalized spacial score (nSPS) is 14.3. The van der Waals surface area contributed by atoms with Crippen LogP contribution < -0.4 is 4.90 Å². The molecule has 78 valence electrons. The third kappa shape index (κ3) is 1.44. The molecule has 0 radical (unpaired) electrons. The van der Waals surface area contributed by atoms with Gasteiger partial charge in [0.1, 0.15) is 5.82 Å². The van der Waals surface area contributed by atoms with Crippen LogP contribution in [0.3, 0.4) is 0 Å². The molecule has 1 heterocycles. The first-order valence-corrected chi connectivity index (χ1v) is 4.83. The fourth-order valence-electron chi connectivity index (χ4n) is 1.97. The lowest BCUT2D eigenvalue weighted by Gasteiger charge is -2.14. The maximum atomic E-state index is 13.5. The summed E-state index contributed by atoms with van der Waals surface area (Å²) < 4.78 is 13.5. The highest BCUT2D eigenvalue weighted by atomic mass is 19.1. The molecule has 2 nitrogen and oxygen atoms in total. The molecule has 1 aliphatic heterocycles. The molecule has 1 aromatic rings. The summed E-state index contributed by atoms with van der Waals surface area (Å²) in [5.74, 6) is -0.254. The maximum absolute atomic E-state index is 13.5. The Kier molecular flexibility index (Phi) is 2.31. The van der Waals surface area contributed by atoms with Gasteiger partial charge in [-0.05, 0) is 18.1 Å². The SMILES string of the molecule is C=CCc1c(F)ccc2c1N(C)C(=O)C2. The van der Waals surface area contributed by atoms with E-state index in [4.69, 9.17) is 0 Å². The van der Waals surface area contributed by atoms with Gasteiger partial charge in [-0.15, -0.1) is 6.58 Å². The predicted molar refractivity (Wildman–Crippen MR) is 57.4 cm³/mol. The van der Waals surface area contributed by atoms with Crippen molar-refractivity contribution in [2.75, 3.05) is 11.9 Å². The Bertz CT molecular complexity index is 439. The molecule has 0 unspecified atom stereocenters. The van der Waals surface area contributed by atoms with Gasteiger partial charge in [0.2, 0.25) is 5.91 Å². The number of rotatable bonds is 2. The van der Waals surface area contributed by atoms with E-state index in [9.17, 15) is 9.18 Å². The molecule has 0 bridgehead atoms. The molecule has 2 rings (SSSR count). The van der Waals surface area contributed by atoms with Crippen LogP contribution in [0, 0.1) is 5.82 Å². The molecule has 0 fully saturated rings. The zero-order valence-corrected chi connectivity index (χ0v) is 8.59. The lowest BCUT2D eigenvalue weighted by Crippen LogP contribution is -2.21. The molecule has 1 aromatic carbocycles. The number of benzene rings is 1. The molecular formula is C12H12FNO. The second-order valence-corrected chi connectivity index (χ2v) is 3.66. The molecule has 0 N–H and O–H groups in total. The second-order valence-electron chi connectivity index (χ2n) is 3.66. The fraction of sp³-hybridized carbons (Fsp3) is 0.250. The van der Waals surface area contributed by atoms with Crippen molar-refractivity contribution in [2.45, 2.75) is 12.8 Å². The van der Waals surface area contributed by atoms with Crippen molar-refractivity contribution in [2.24, 2.45) is 0 Å². The van der Waals surface area contributed by atoms with Crippen molar-refractivity contribution < 1.29 is 9.18 Å². The highest BCUT2D eigenvalue weighted by molar-refractivity contribution is 6.01. The predicted octanol–water partition coefficient (Wildman–Crippen LogP) is 2.07. The molecule has 0 aromatic heterocycles. The van der Waals surface area contributed by atoms with Crippen molar-refractivity contribution >= 4 is 11.6 Å². The lowest BCUT2D eigenvalue weighted by atomic mass is 10.0. The van der Waals surface area contributed by atoms with Crippen molar-refractivity contribution in [1.82, 2.24) is 0 Å². The number of anilines is 1. The summed E-state index contributed by atoms with van der Waals surface area (Å²) in [6, 6.07) is 3.10. The van der Waals surface area contributed by atoms with Crippen LogP contribution in [-0.4, -0.2) is 13.0 Å². The third-order valence-corrected chi connectivity index (χ3v) is 2.71. The van der Waals surface area contributed by atoms with Crippen LogP contribution in [0.15, 0.2) is 24.8 Å². The average molecular weight is 205 g/mol. The summed E-state index contributed by atoms with van der Waals surface area (Å²) in [7, 11) is 1.68. The minimum absolute atomic E-state index is 0.0147. The quantitative estimate of drug-likeness (QED) is 0.677. The van der Waals surface area contributed by atoms with Crippen LogP contribution in [0.25, 0.3) is 0 Å². The number of fused-ring (bicyclic) bond motifs is 1. The number of likely N-dealkylation sites (N-methyl/N-ethyl adjacent to an activating group) is 1. The van der Waals surface area contributed by atoms with Gasteiger partial charge in [0, 0.05) is 12.6 Å². The fourth-order valence-corrected chi connectivity index (χ4v) is 1.97. The van der Waals surface area contributed by atoms with Crippen molar-refractivity contribution in [3.63, 3.8) is 0 Å². The van der Waals surface area contributed by atoms with E-state index in [-0.39, 0.29) is 11.7 Å². The maximum Gasteiger partial charge on any atom is 0.231 e. The second kappa shape index (κ2) is 3.50. The van der Waals surface area contributed by atoms with Crippen LogP contribution in [-0.2, 0) is 17.6 Å². The van der Waals surface area contributed by atoms with E-state index in [2.05, 4.69) is 6.58 Å². The Morgan fingerprint density at radius 1 is 1.60 bits per heavy atom. The van der Waals surface area contributed by atoms with Crippen LogP contribution in [0.4, 0.5) is 10.1 Å². The number of amides is 1. The van der Waals surface area contributed by atoms with Crippen molar-refractivity contribution in [3.05, 3.63) is 41.7 Å². The van der Waals surface area contributed by atoms with Crippen LogP contribution in [0.2, 0.25) is 0 Å². The standard InChI is InChI=1S/C12H12FNO/c1-3-4-9-10(13)6-5-8-7-11(15)14(2)12(8)9/h3,5-6H,1,4,7H2,2H3. The van der Waals surface area contributed by atoms with E-state index in [1.54, 1.807) is 19.2 Å². The molecular weight excluding hydrogens is 193 g/mol. The highest BCUT2D eigenvalue weighted by Crippen LogP contribution is 2.33. The van der Waals surface area contributed by atoms with Crippen LogP contribution >= 0.6 is 0 Å². The summed E-state index contributed by atoms with van der Waals surface area (Å²) in [4.78, 5) is 13.0. The Morgan fingerprint density at radius 2 is 2.33 bits per heavy atom. The first kappa shape index (κ1) is 9.90. The number of halogens is 1. The number of hydrogen-bond donors (Lipinski definition) is 0. The Balaban J connectivity index is 2.60. The van der Waals surface area contributed by atoms with E-state index >= 15 is 0 Å². The minimum atomic E-state index is -0.268. The zero-order valence-electron chi connectivity index (χ0n) is 8.59. The molecule has 15 heavy (non-hydrogen) atoms. The zero-order chi connectivity index (χ0) is 11.0. The summed E-state index contributed by atoms with van der Waals surface area (Å²) in [6.45, 7) is 3.60. The third-order valence-electron chi connectivity index (χ3n) is 2.71. The van der Waals surface area contributed by atoms with E-state index in [0.717, 1.165) is 11.3 Å². The van der Waals surface area contributed by atoms with Gasteiger partial charge < -0.3 is 4.90 Å². The monoisotopic (exact) mass is 205 g/mol. The van der Waals surface area contributed by atoms with E-state index in [0.29, 0.717) is 18.4 Å². The van der Waals surface area contributed by atoms with E-state index < -0.39 is 0 Å². The van der Waals surface area contributed by atoms with Gasteiger partial charge in [-0.3, -0.25) is 4.79 Å². The molecule has 0 saturated heterocycles. The minimum Gasteiger partial charge on any atom is -0.315 e. The molecule has 1 amide bonds. The van der Waals surface area contributed by atoms with Gasteiger partial charge in [-0.2, -0.15) is 0 Å². The number of carbonyl (C=O) groups excluding carboxylic acids is 1. The molecule has 0 saturated carbocycles. The first-order valence-electron chi connectivity index (χ1n) is 4.83. The van der Waals surface area contributed by atoms with Gasteiger partial charge in [0.25, 0.3) is 0 Å². The lowest BCUT2D eigenvalue weighted by molar-refractivity contribution is -0.117. The van der Waals surface area contributed by atoms with Gasteiger partial charge in [0.05, 0.1) is 12.1 Å². The van der Waals surface area contributed by atoms with Crippen LogP contribution in [0.1, 0.15) is 11.1 Å². The summed E-state index contributed by atoms with van der Waals surface area (Å²) in [6.07, 6.45) is 2.47. The van der Waals surface area contributed by atoms with E-state index in [1.807, 2.05) is 0 Å². The summed E-state index contributed by atoms with van der Waals surface area (Å²) in [5, 5.41) is 0. The Morgan fingerprint density at radius 3 is 3.00 bits per heavy atom. The number of nitrogens with zero attached hydrogens (tertiary/aromatic N) is 1. The van der Waals surface area contributed by atoms with Gasteiger partial charge in [0.15, 0.2) is 0 Å². The Labute approximate surface area is 88.0 Å². The molecule has 1 aliphatic rings. The highest BCUT2D eigenvalue weighted by Gasteiger charge is 2.27. The molecule has 0 atom stereocenters. The average Bonchev–Trinajstić information content (AvgIpc) is 2.49. The number of carbonyl (C=O) groups is 1. The van der Waals surface area contributed by atoms with Gasteiger partial charge >= 0.3 is 0 Å². The van der Waals surface area contributed by atoms with Gasteiger partial charge in [-0.1, -0.05) is 12.1 Å². The summed E-state index contributed by atoms with van der Waals surface area (Å²) in [5.41, 5.74) is 2.19. The van der Waals surface area contributed by atoms with Crippen LogP contribution in [0.5, 0.6) is 0 Å². The largest absolute Gasteiger partial charge is 0.315 e. The van der Waals surface area contributed by atoms with E-state index in [1.165, 1.54) is 11.0 Å². The molecule has 0 aliphatic carbocycles. The number of hydrogen-bond acceptors (Lipinski definition) is 1. The Hall–Kier alpha value is -1.64. The first-order chi connectivity index (χ1) is 7.15. The van der Waals surface area contributed by atoms with Crippen molar-refractivity contribution in [3.8, 4) is 0 Å².